The van der Waals surface area contributed by atoms with Gasteiger partial charge in [0.15, 0.2) is 5.82 Å². The molecule has 0 saturated heterocycles. The van der Waals surface area contributed by atoms with Crippen molar-refractivity contribution in [2.24, 2.45) is 0 Å². The lowest BCUT2D eigenvalue weighted by Crippen LogP contribution is -2.20. The summed E-state index contributed by atoms with van der Waals surface area (Å²) in [7, 11) is 1.70. The molecule has 21 heavy (non-hydrogen) atoms. The van der Waals surface area contributed by atoms with Crippen LogP contribution in [0.15, 0.2) is 24.3 Å². The van der Waals surface area contributed by atoms with Crippen LogP contribution in [-0.2, 0) is 11.3 Å². The van der Waals surface area contributed by atoms with E-state index in [0.717, 1.165) is 41.4 Å². The monoisotopic (exact) mass is 305 g/mol. The van der Waals surface area contributed by atoms with Gasteiger partial charge in [-0.1, -0.05) is 11.6 Å². The highest BCUT2D eigenvalue weighted by Gasteiger charge is 2.09. The van der Waals surface area contributed by atoms with Crippen molar-refractivity contribution in [2.45, 2.75) is 20.4 Å². The Bertz CT molecular complexity index is 576. The maximum Gasteiger partial charge on any atom is 0.159 e. The molecular weight excluding hydrogens is 286 g/mol. The van der Waals surface area contributed by atoms with Crippen LogP contribution < -0.4 is 5.32 Å². The Kier molecular flexibility index (Phi) is 5.67. The predicted molar refractivity (Wildman–Crippen MR) is 85.5 cm³/mol. The van der Waals surface area contributed by atoms with E-state index >= 15 is 0 Å². The van der Waals surface area contributed by atoms with Crippen molar-refractivity contribution in [3.05, 3.63) is 46.2 Å². The van der Waals surface area contributed by atoms with E-state index in [2.05, 4.69) is 15.3 Å². The van der Waals surface area contributed by atoms with E-state index in [1.165, 1.54) is 0 Å². The Morgan fingerprint density at radius 1 is 1.10 bits per heavy atom. The fourth-order valence-electron chi connectivity index (χ4n) is 2.11. The number of rotatable bonds is 6. The van der Waals surface area contributed by atoms with Crippen molar-refractivity contribution >= 4 is 11.6 Å². The average molecular weight is 306 g/mol. The number of methoxy groups -OCH3 is 1. The normalized spacial score (nSPS) is 10.9. The number of aryl methyl sites for hydroxylation is 2. The molecule has 0 amide bonds. The molecule has 0 spiro atoms. The molecule has 112 valence electrons. The first-order valence-electron chi connectivity index (χ1n) is 6.91. The first kappa shape index (κ1) is 15.9. The minimum absolute atomic E-state index is 0.696. The van der Waals surface area contributed by atoms with Gasteiger partial charge in [-0.25, -0.2) is 9.97 Å². The van der Waals surface area contributed by atoms with E-state index < -0.39 is 0 Å². The fraction of sp³-hybridized carbons (Fsp3) is 0.375. The second-order valence-corrected chi connectivity index (χ2v) is 5.31. The molecule has 0 unspecified atom stereocenters. The molecule has 1 aromatic carbocycles. The zero-order chi connectivity index (χ0) is 15.2. The van der Waals surface area contributed by atoms with E-state index in [9.17, 15) is 0 Å². The van der Waals surface area contributed by atoms with Gasteiger partial charge in [0.05, 0.1) is 6.61 Å². The molecule has 0 aliphatic rings. The third-order valence-corrected chi connectivity index (χ3v) is 3.56. The van der Waals surface area contributed by atoms with Gasteiger partial charge in [-0.05, 0) is 38.1 Å². The van der Waals surface area contributed by atoms with Gasteiger partial charge in [-0.2, -0.15) is 0 Å². The van der Waals surface area contributed by atoms with Gasteiger partial charge in [-0.3, -0.25) is 0 Å². The van der Waals surface area contributed by atoms with Crippen molar-refractivity contribution < 1.29 is 4.74 Å². The molecule has 0 saturated carbocycles. The van der Waals surface area contributed by atoms with E-state index in [1.54, 1.807) is 7.11 Å². The van der Waals surface area contributed by atoms with Crippen LogP contribution in [0.3, 0.4) is 0 Å². The van der Waals surface area contributed by atoms with Crippen molar-refractivity contribution in [3.63, 3.8) is 0 Å². The summed E-state index contributed by atoms with van der Waals surface area (Å²) in [6.45, 7) is 6.29. The topological polar surface area (TPSA) is 47.0 Å². The number of nitrogens with one attached hydrogen (secondary N) is 1. The van der Waals surface area contributed by atoms with Crippen molar-refractivity contribution in [1.29, 1.82) is 0 Å². The van der Waals surface area contributed by atoms with Crippen LogP contribution in [0.5, 0.6) is 0 Å². The standard InChI is InChI=1S/C16H20ClN3O/c1-11-15(10-18-8-9-21-3)12(2)20-16(19-11)13-4-6-14(17)7-5-13/h4-7,18H,8-10H2,1-3H3. The van der Waals surface area contributed by atoms with Crippen LogP contribution in [0.2, 0.25) is 5.02 Å². The lowest BCUT2D eigenvalue weighted by Gasteiger charge is -2.12. The van der Waals surface area contributed by atoms with Crippen LogP contribution in [0.25, 0.3) is 11.4 Å². The molecule has 0 bridgehead atoms. The highest BCUT2D eigenvalue weighted by molar-refractivity contribution is 6.30. The molecule has 1 aromatic heterocycles. The lowest BCUT2D eigenvalue weighted by molar-refractivity contribution is 0.199. The molecule has 1 N–H and O–H groups in total. The molecule has 5 heteroatoms. The molecule has 2 aromatic rings. The zero-order valence-corrected chi connectivity index (χ0v) is 13.4. The molecule has 0 aliphatic heterocycles. The Morgan fingerprint density at radius 2 is 1.71 bits per heavy atom. The quantitative estimate of drug-likeness (QED) is 0.833. The van der Waals surface area contributed by atoms with Gasteiger partial charge in [0.2, 0.25) is 0 Å². The molecule has 2 rings (SSSR count). The van der Waals surface area contributed by atoms with Crippen molar-refractivity contribution in [1.82, 2.24) is 15.3 Å². The van der Waals surface area contributed by atoms with Crippen LogP contribution >= 0.6 is 11.6 Å². The minimum Gasteiger partial charge on any atom is -0.383 e. The third kappa shape index (κ3) is 4.24. The predicted octanol–water partition coefficient (Wildman–Crippen LogP) is 3.15. The van der Waals surface area contributed by atoms with Gasteiger partial charge in [0, 0.05) is 47.7 Å². The first-order valence-corrected chi connectivity index (χ1v) is 7.29. The third-order valence-electron chi connectivity index (χ3n) is 3.31. The van der Waals surface area contributed by atoms with Crippen molar-refractivity contribution in [3.8, 4) is 11.4 Å². The largest absolute Gasteiger partial charge is 0.383 e. The summed E-state index contributed by atoms with van der Waals surface area (Å²) in [6.07, 6.45) is 0. The average Bonchev–Trinajstić information content (AvgIpc) is 2.46. The summed E-state index contributed by atoms with van der Waals surface area (Å²) in [6, 6.07) is 7.58. The highest BCUT2D eigenvalue weighted by atomic mass is 35.5. The molecule has 0 atom stereocenters. The van der Waals surface area contributed by atoms with Crippen LogP contribution in [0.1, 0.15) is 17.0 Å². The van der Waals surface area contributed by atoms with E-state index in [0.29, 0.717) is 11.6 Å². The van der Waals surface area contributed by atoms with Crippen LogP contribution in [-0.4, -0.2) is 30.2 Å². The van der Waals surface area contributed by atoms with Crippen LogP contribution in [0, 0.1) is 13.8 Å². The number of aromatic nitrogens is 2. The first-order chi connectivity index (χ1) is 10.1. The molecular formula is C16H20ClN3O. The number of benzene rings is 1. The Hall–Kier alpha value is -1.49. The molecule has 4 nitrogen and oxygen atoms in total. The van der Waals surface area contributed by atoms with Gasteiger partial charge in [-0.15, -0.1) is 0 Å². The minimum atomic E-state index is 0.696. The molecule has 0 aliphatic carbocycles. The molecule has 0 radical (unpaired) electrons. The second-order valence-electron chi connectivity index (χ2n) is 4.87. The number of halogens is 1. The number of hydrogen-bond donors (Lipinski definition) is 1. The number of hydrogen-bond acceptors (Lipinski definition) is 4. The molecule has 0 fully saturated rings. The Balaban J connectivity index is 2.18. The van der Waals surface area contributed by atoms with Gasteiger partial charge < -0.3 is 10.1 Å². The van der Waals surface area contributed by atoms with Crippen LogP contribution in [0.4, 0.5) is 0 Å². The van der Waals surface area contributed by atoms with Gasteiger partial charge >= 0.3 is 0 Å². The van der Waals surface area contributed by atoms with E-state index in [1.807, 2.05) is 38.1 Å². The summed E-state index contributed by atoms with van der Waals surface area (Å²) in [5.74, 6) is 0.738. The summed E-state index contributed by atoms with van der Waals surface area (Å²) in [4.78, 5) is 9.21. The number of nitrogens with zero attached hydrogens (tertiary/aromatic N) is 2. The molecule has 1 heterocycles. The van der Waals surface area contributed by atoms with E-state index in [-0.39, 0.29) is 0 Å². The Morgan fingerprint density at radius 3 is 2.29 bits per heavy atom. The fourth-order valence-corrected chi connectivity index (χ4v) is 2.24. The number of ether oxygens (including phenoxy) is 1. The summed E-state index contributed by atoms with van der Waals surface area (Å²) in [5.41, 5.74) is 4.11. The van der Waals surface area contributed by atoms with Gasteiger partial charge in [0.1, 0.15) is 0 Å². The maximum atomic E-state index is 5.91. The summed E-state index contributed by atoms with van der Waals surface area (Å²) in [5, 5.41) is 4.04. The van der Waals surface area contributed by atoms with Crippen molar-refractivity contribution in [2.75, 3.05) is 20.3 Å². The van der Waals surface area contributed by atoms with Gasteiger partial charge in [0.25, 0.3) is 0 Å². The highest BCUT2D eigenvalue weighted by Crippen LogP contribution is 2.20. The zero-order valence-electron chi connectivity index (χ0n) is 12.6. The summed E-state index contributed by atoms with van der Waals surface area (Å²) >= 11 is 5.91. The second kappa shape index (κ2) is 7.50. The smallest absolute Gasteiger partial charge is 0.159 e. The van der Waals surface area contributed by atoms with E-state index in [4.69, 9.17) is 16.3 Å². The summed E-state index contributed by atoms with van der Waals surface area (Å²) < 4.78 is 5.02. The maximum absolute atomic E-state index is 5.91. The Labute approximate surface area is 130 Å². The SMILES string of the molecule is COCCNCc1c(C)nc(-c2ccc(Cl)cc2)nc1C. The lowest BCUT2D eigenvalue weighted by atomic mass is 10.1.